The molecule has 0 atom stereocenters. The second-order valence-corrected chi connectivity index (χ2v) is 8.56. The number of halogens is 2. The zero-order valence-corrected chi connectivity index (χ0v) is 16.6. The highest BCUT2D eigenvalue weighted by molar-refractivity contribution is 7.92. The Balaban J connectivity index is 2.16. The lowest BCUT2D eigenvalue weighted by Crippen LogP contribution is -2.31. The molecule has 0 aliphatic rings. The molecule has 0 fully saturated rings. The lowest BCUT2D eigenvalue weighted by Gasteiger charge is -2.26. The topological polar surface area (TPSA) is 37.4 Å². The van der Waals surface area contributed by atoms with Gasteiger partial charge in [0.05, 0.1) is 17.1 Å². The first-order chi connectivity index (χ1) is 12.8. The summed E-state index contributed by atoms with van der Waals surface area (Å²) in [6.45, 7) is 3.65. The van der Waals surface area contributed by atoms with Gasteiger partial charge >= 0.3 is 0 Å². The molecule has 3 rings (SSSR count). The summed E-state index contributed by atoms with van der Waals surface area (Å²) in [5.74, 6) is -0.542. The van der Waals surface area contributed by atoms with Crippen molar-refractivity contribution in [3.05, 3.63) is 94.3 Å². The largest absolute Gasteiger partial charge is 0.264 e. The summed E-state index contributed by atoms with van der Waals surface area (Å²) in [5.41, 5.74) is 2.58. The molecule has 0 heterocycles. The van der Waals surface area contributed by atoms with Crippen molar-refractivity contribution in [2.75, 3.05) is 4.31 Å². The van der Waals surface area contributed by atoms with E-state index < -0.39 is 15.8 Å². The van der Waals surface area contributed by atoms with Gasteiger partial charge in [-0.2, -0.15) is 0 Å². The van der Waals surface area contributed by atoms with Crippen LogP contribution in [0.25, 0.3) is 0 Å². The summed E-state index contributed by atoms with van der Waals surface area (Å²) in [6, 6.07) is 17.8. The smallest absolute Gasteiger partial charge is 0.262 e. The van der Waals surface area contributed by atoms with Crippen LogP contribution >= 0.6 is 11.6 Å². The van der Waals surface area contributed by atoms with Crippen molar-refractivity contribution in [2.24, 2.45) is 0 Å². The molecule has 0 aliphatic heterocycles. The second kappa shape index (κ2) is 7.71. The Labute approximate surface area is 164 Å². The fourth-order valence-electron chi connectivity index (χ4n) is 2.74. The van der Waals surface area contributed by atoms with Crippen LogP contribution in [0.3, 0.4) is 0 Å². The maximum atomic E-state index is 14.4. The van der Waals surface area contributed by atoms with E-state index in [1.54, 1.807) is 36.4 Å². The van der Waals surface area contributed by atoms with Crippen molar-refractivity contribution < 1.29 is 12.8 Å². The first-order valence-corrected chi connectivity index (χ1v) is 10.2. The number of nitrogens with zero attached hydrogens (tertiary/aromatic N) is 1. The Morgan fingerprint density at radius 3 is 2.26 bits per heavy atom. The number of anilines is 1. The van der Waals surface area contributed by atoms with E-state index in [0.717, 1.165) is 11.1 Å². The van der Waals surface area contributed by atoms with Crippen molar-refractivity contribution in [1.29, 1.82) is 0 Å². The maximum absolute atomic E-state index is 14.4. The van der Waals surface area contributed by atoms with Crippen LogP contribution in [-0.4, -0.2) is 8.42 Å². The Morgan fingerprint density at radius 2 is 1.63 bits per heavy atom. The van der Waals surface area contributed by atoms with E-state index in [-0.39, 0.29) is 22.0 Å². The number of benzene rings is 3. The highest BCUT2D eigenvalue weighted by Gasteiger charge is 2.27. The summed E-state index contributed by atoms with van der Waals surface area (Å²) in [6.07, 6.45) is 0. The molecule has 0 amide bonds. The van der Waals surface area contributed by atoms with Crippen LogP contribution in [0.5, 0.6) is 0 Å². The third-order valence-electron chi connectivity index (χ3n) is 4.47. The van der Waals surface area contributed by atoms with Gasteiger partial charge < -0.3 is 0 Å². The standard InChI is InChI=1S/C21H19ClFNO2S/c1-15-11-12-17(13-16(15)2)24(14-19-20(22)9-6-10-21(19)23)27(25,26)18-7-4-3-5-8-18/h3-13H,14H2,1-2H3. The average molecular weight is 404 g/mol. The van der Waals surface area contributed by atoms with Crippen LogP contribution in [0, 0.1) is 19.7 Å². The summed E-state index contributed by atoms with van der Waals surface area (Å²) in [5, 5.41) is 0.187. The van der Waals surface area contributed by atoms with Crippen molar-refractivity contribution in [3.63, 3.8) is 0 Å². The van der Waals surface area contributed by atoms with Crippen LogP contribution in [0.1, 0.15) is 16.7 Å². The monoisotopic (exact) mass is 403 g/mol. The number of hydrogen-bond donors (Lipinski definition) is 0. The predicted octanol–water partition coefficient (Wildman–Crippen LogP) is 5.49. The van der Waals surface area contributed by atoms with Crippen molar-refractivity contribution in [3.8, 4) is 0 Å². The third kappa shape index (κ3) is 3.99. The number of sulfonamides is 1. The van der Waals surface area contributed by atoms with Crippen LogP contribution in [-0.2, 0) is 16.6 Å². The molecule has 0 N–H and O–H groups in total. The lowest BCUT2D eigenvalue weighted by atomic mass is 10.1. The third-order valence-corrected chi connectivity index (χ3v) is 6.62. The molecule has 0 aliphatic carbocycles. The van der Waals surface area contributed by atoms with E-state index in [1.165, 1.54) is 28.6 Å². The number of aryl methyl sites for hydroxylation is 2. The Morgan fingerprint density at radius 1 is 0.926 bits per heavy atom. The van der Waals surface area contributed by atoms with Gasteiger partial charge in [-0.1, -0.05) is 41.9 Å². The molecule has 0 saturated heterocycles. The van der Waals surface area contributed by atoms with Gasteiger partial charge in [0.2, 0.25) is 0 Å². The van der Waals surface area contributed by atoms with Crippen molar-refractivity contribution in [1.82, 2.24) is 0 Å². The van der Waals surface area contributed by atoms with E-state index >= 15 is 0 Å². The molecule has 3 aromatic rings. The first kappa shape index (κ1) is 19.4. The van der Waals surface area contributed by atoms with E-state index in [4.69, 9.17) is 11.6 Å². The van der Waals surface area contributed by atoms with Gasteiger partial charge in [-0.25, -0.2) is 12.8 Å². The van der Waals surface area contributed by atoms with Crippen LogP contribution in [0.4, 0.5) is 10.1 Å². The first-order valence-electron chi connectivity index (χ1n) is 8.38. The summed E-state index contributed by atoms with van der Waals surface area (Å²) in [7, 11) is -3.91. The van der Waals surface area contributed by atoms with Gasteiger partial charge in [-0.15, -0.1) is 0 Å². The van der Waals surface area contributed by atoms with Crippen molar-refractivity contribution in [2.45, 2.75) is 25.3 Å². The minimum atomic E-state index is -3.91. The molecule has 0 spiro atoms. The average Bonchev–Trinajstić information content (AvgIpc) is 2.64. The van der Waals surface area contributed by atoms with Gasteiger partial charge in [0.25, 0.3) is 10.0 Å². The predicted molar refractivity (Wildman–Crippen MR) is 107 cm³/mol. The summed E-state index contributed by atoms with van der Waals surface area (Å²) >= 11 is 6.15. The minimum Gasteiger partial charge on any atom is -0.262 e. The molecule has 3 nitrogen and oxygen atoms in total. The zero-order chi connectivity index (χ0) is 19.6. The molecule has 0 radical (unpaired) electrons. The van der Waals surface area contributed by atoms with Gasteiger partial charge in [0.15, 0.2) is 0 Å². The van der Waals surface area contributed by atoms with Crippen LogP contribution in [0.2, 0.25) is 5.02 Å². The van der Waals surface area contributed by atoms with Gasteiger partial charge in [-0.05, 0) is 61.4 Å². The number of rotatable bonds is 5. The highest BCUT2D eigenvalue weighted by atomic mass is 35.5. The fourth-order valence-corrected chi connectivity index (χ4v) is 4.41. The van der Waals surface area contributed by atoms with Crippen LogP contribution < -0.4 is 4.31 Å². The van der Waals surface area contributed by atoms with Gasteiger partial charge in [0.1, 0.15) is 5.82 Å². The maximum Gasteiger partial charge on any atom is 0.264 e. The zero-order valence-electron chi connectivity index (χ0n) is 15.0. The Bertz CT molecular complexity index is 1050. The Kier molecular flexibility index (Phi) is 5.53. The molecule has 6 heteroatoms. The van der Waals surface area contributed by atoms with E-state index in [0.29, 0.717) is 5.69 Å². The summed E-state index contributed by atoms with van der Waals surface area (Å²) < 4.78 is 42.2. The van der Waals surface area contributed by atoms with Crippen molar-refractivity contribution >= 4 is 27.3 Å². The van der Waals surface area contributed by atoms with E-state index in [1.807, 2.05) is 19.9 Å². The quantitative estimate of drug-likeness (QED) is 0.564. The molecule has 140 valence electrons. The van der Waals surface area contributed by atoms with E-state index in [2.05, 4.69) is 0 Å². The lowest BCUT2D eigenvalue weighted by molar-refractivity contribution is 0.585. The summed E-state index contributed by atoms with van der Waals surface area (Å²) in [4.78, 5) is 0.135. The van der Waals surface area contributed by atoms with E-state index in [9.17, 15) is 12.8 Å². The minimum absolute atomic E-state index is 0.135. The molecular weight excluding hydrogens is 385 g/mol. The SMILES string of the molecule is Cc1ccc(N(Cc2c(F)cccc2Cl)S(=O)(=O)c2ccccc2)cc1C. The van der Waals surface area contributed by atoms with Crippen LogP contribution in [0.15, 0.2) is 71.6 Å². The normalized spacial score (nSPS) is 11.4. The molecule has 3 aromatic carbocycles. The van der Waals surface area contributed by atoms with Gasteiger partial charge in [-0.3, -0.25) is 4.31 Å². The molecular formula is C21H19ClFNO2S. The van der Waals surface area contributed by atoms with Gasteiger partial charge in [0, 0.05) is 10.6 Å². The highest BCUT2D eigenvalue weighted by Crippen LogP contribution is 2.30. The molecule has 0 unspecified atom stereocenters. The molecule has 0 saturated carbocycles. The second-order valence-electron chi connectivity index (χ2n) is 6.29. The number of hydrogen-bond acceptors (Lipinski definition) is 2. The fraction of sp³-hybridized carbons (Fsp3) is 0.143. The molecule has 27 heavy (non-hydrogen) atoms. The molecule has 0 aromatic heterocycles. The Hall–Kier alpha value is -2.37. The molecule has 0 bridgehead atoms.